The monoisotopic (exact) mass is 281 g/mol. The van der Waals surface area contributed by atoms with E-state index in [0.29, 0.717) is 0 Å². The second-order valence-electron chi connectivity index (χ2n) is 6.04. The Morgan fingerprint density at radius 2 is 2.05 bits per heavy atom. The molecule has 0 unspecified atom stereocenters. The quantitative estimate of drug-likeness (QED) is 0.861. The van der Waals surface area contributed by atoms with E-state index in [1.165, 1.54) is 30.8 Å². The zero-order valence-corrected chi connectivity index (χ0v) is 12.7. The van der Waals surface area contributed by atoms with Crippen LogP contribution < -0.4 is 0 Å². The van der Waals surface area contributed by atoms with Crippen molar-refractivity contribution in [3.63, 3.8) is 0 Å². The van der Waals surface area contributed by atoms with Crippen molar-refractivity contribution in [1.82, 2.24) is 14.9 Å². The van der Waals surface area contributed by atoms with Crippen LogP contribution in [-0.2, 0) is 13.0 Å². The Morgan fingerprint density at radius 3 is 2.86 bits per heavy atom. The van der Waals surface area contributed by atoms with Gasteiger partial charge in [-0.1, -0.05) is 12.1 Å². The summed E-state index contributed by atoms with van der Waals surface area (Å²) in [5.74, 6) is 0.721. The Hall–Kier alpha value is -1.74. The normalized spacial score (nSPS) is 19.6. The Labute approximate surface area is 127 Å². The Bertz CT molecular complexity index is 568. The summed E-state index contributed by atoms with van der Waals surface area (Å²) in [5.41, 5.74) is 3.51. The highest BCUT2D eigenvalue weighted by Gasteiger charge is 2.20. The summed E-state index contributed by atoms with van der Waals surface area (Å²) in [4.78, 5) is 11.6. The molecule has 1 atom stereocenters. The summed E-state index contributed by atoms with van der Waals surface area (Å²) in [6.45, 7) is 5.38. The first-order valence-electron chi connectivity index (χ1n) is 7.84. The van der Waals surface area contributed by atoms with Crippen LogP contribution >= 0.6 is 0 Å². The number of hydrogen-bond donors (Lipinski definition) is 0. The number of aryl methyl sites for hydroxylation is 1. The molecule has 1 aliphatic rings. The molecule has 2 aromatic heterocycles. The highest BCUT2D eigenvalue weighted by atomic mass is 15.1. The minimum absolute atomic E-state index is 0.721. The van der Waals surface area contributed by atoms with Crippen LogP contribution in [0.15, 0.2) is 42.6 Å². The maximum Gasteiger partial charge on any atom is 0.0547 e. The zero-order chi connectivity index (χ0) is 14.5. The summed E-state index contributed by atoms with van der Waals surface area (Å²) in [6.07, 6.45) is 5.59. The molecule has 1 saturated heterocycles. The molecule has 1 fully saturated rings. The number of aromatic nitrogens is 2. The lowest BCUT2D eigenvalue weighted by Crippen LogP contribution is -2.36. The number of hydrogen-bond acceptors (Lipinski definition) is 3. The van der Waals surface area contributed by atoms with E-state index in [0.717, 1.165) is 31.1 Å². The molecule has 0 aromatic carbocycles. The minimum atomic E-state index is 0.721. The first kappa shape index (κ1) is 14.2. The first-order valence-corrected chi connectivity index (χ1v) is 7.84. The molecule has 3 nitrogen and oxygen atoms in total. The van der Waals surface area contributed by atoms with Gasteiger partial charge in [-0.3, -0.25) is 14.9 Å². The van der Waals surface area contributed by atoms with Gasteiger partial charge in [-0.05, 0) is 62.9 Å². The molecule has 0 aliphatic carbocycles. The van der Waals surface area contributed by atoms with E-state index in [1.807, 2.05) is 12.3 Å². The third kappa shape index (κ3) is 4.11. The van der Waals surface area contributed by atoms with E-state index in [2.05, 4.69) is 52.1 Å². The molecule has 0 N–H and O–H groups in total. The smallest absolute Gasteiger partial charge is 0.0547 e. The highest BCUT2D eigenvalue weighted by molar-refractivity contribution is 5.10. The molecule has 3 rings (SSSR count). The van der Waals surface area contributed by atoms with E-state index < -0.39 is 0 Å². The van der Waals surface area contributed by atoms with Crippen molar-refractivity contribution in [2.75, 3.05) is 13.1 Å². The van der Waals surface area contributed by atoms with Gasteiger partial charge in [0, 0.05) is 30.7 Å². The SMILES string of the molecule is Cc1cccc(CN2CCC[C@H](Cc3ccccn3)C2)n1. The molecule has 21 heavy (non-hydrogen) atoms. The third-order valence-corrected chi connectivity index (χ3v) is 4.16. The second-order valence-corrected chi connectivity index (χ2v) is 6.04. The van der Waals surface area contributed by atoms with E-state index in [9.17, 15) is 0 Å². The number of rotatable bonds is 4. The van der Waals surface area contributed by atoms with Crippen LogP contribution in [0, 0.1) is 12.8 Å². The van der Waals surface area contributed by atoms with Crippen LogP contribution in [0.2, 0.25) is 0 Å². The van der Waals surface area contributed by atoms with Gasteiger partial charge in [0.05, 0.1) is 5.69 Å². The molecule has 1 aliphatic heterocycles. The molecular weight excluding hydrogens is 258 g/mol. The highest BCUT2D eigenvalue weighted by Crippen LogP contribution is 2.21. The summed E-state index contributed by atoms with van der Waals surface area (Å²) < 4.78 is 0. The van der Waals surface area contributed by atoms with Gasteiger partial charge < -0.3 is 0 Å². The second kappa shape index (κ2) is 6.81. The van der Waals surface area contributed by atoms with Gasteiger partial charge in [-0.2, -0.15) is 0 Å². The fraction of sp³-hybridized carbons (Fsp3) is 0.444. The summed E-state index contributed by atoms with van der Waals surface area (Å²) in [6, 6.07) is 12.5. The minimum Gasteiger partial charge on any atom is -0.297 e. The standard InChI is InChI=1S/C18H23N3/c1-15-6-4-9-18(20-15)14-21-11-5-7-16(13-21)12-17-8-2-3-10-19-17/h2-4,6,8-10,16H,5,7,11-14H2,1H3/t16-/m1/s1. The Morgan fingerprint density at radius 1 is 1.14 bits per heavy atom. The lowest BCUT2D eigenvalue weighted by molar-refractivity contribution is 0.164. The molecule has 0 bridgehead atoms. The summed E-state index contributed by atoms with van der Waals surface area (Å²) >= 11 is 0. The molecule has 0 saturated carbocycles. The fourth-order valence-corrected chi connectivity index (χ4v) is 3.19. The predicted octanol–water partition coefficient (Wildman–Crippen LogP) is 3.24. The van der Waals surface area contributed by atoms with Crippen LogP contribution in [0.25, 0.3) is 0 Å². The zero-order valence-electron chi connectivity index (χ0n) is 12.7. The van der Waals surface area contributed by atoms with Gasteiger partial charge in [0.1, 0.15) is 0 Å². The fourth-order valence-electron chi connectivity index (χ4n) is 3.19. The largest absolute Gasteiger partial charge is 0.297 e. The van der Waals surface area contributed by atoms with Crippen molar-refractivity contribution in [2.45, 2.75) is 32.7 Å². The van der Waals surface area contributed by atoms with E-state index in [4.69, 9.17) is 0 Å². The average Bonchev–Trinajstić information content (AvgIpc) is 2.49. The predicted molar refractivity (Wildman–Crippen MR) is 84.9 cm³/mol. The van der Waals surface area contributed by atoms with Gasteiger partial charge in [-0.25, -0.2) is 0 Å². The Balaban J connectivity index is 1.58. The lowest BCUT2D eigenvalue weighted by atomic mass is 9.93. The van der Waals surface area contributed by atoms with Crippen LogP contribution in [0.3, 0.4) is 0 Å². The Kier molecular flexibility index (Phi) is 4.61. The van der Waals surface area contributed by atoms with Crippen LogP contribution in [0.1, 0.15) is 29.9 Å². The van der Waals surface area contributed by atoms with Crippen molar-refractivity contribution >= 4 is 0 Å². The number of pyridine rings is 2. The van der Waals surface area contributed by atoms with Gasteiger partial charge in [0.2, 0.25) is 0 Å². The van der Waals surface area contributed by atoms with Crippen molar-refractivity contribution in [2.24, 2.45) is 5.92 Å². The van der Waals surface area contributed by atoms with Gasteiger partial charge in [0.25, 0.3) is 0 Å². The van der Waals surface area contributed by atoms with Gasteiger partial charge in [0.15, 0.2) is 0 Å². The van der Waals surface area contributed by atoms with Crippen molar-refractivity contribution in [3.05, 3.63) is 59.7 Å². The van der Waals surface area contributed by atoms with E-state index in [1.54, 1.807) is 0 Å². The number of nitrogens with zero attached hydrogens (tertiary/aromatic N) is 3. The molecule has 0 amide bonds. The van der Waals surface area contributed by atoms with Crippen LogP contribution in [0.4, 0.5) is 0 Å². The first-order chi connectivity index (χ1) is 10.3. The molecule has 0 spiro atoms. The molecule has 110 valence electrons. The summed E-state index contributed by atoms with van der Waals surface area (Å²) in [7, 11) is 0. The maximum absolute atomic E-state index is 4.62. The summed E-state index contributed by atoms with van der Waals surface area (Å²) in [5, 5.41) is 0. The number of likely N-dealkylation sites (tertiary alicyclic amines) is 1. The van der Waals surface area contributed by atoms with E-state index in [-0.39, 0.29) is 0 Å². The average molecular weight is 281 g/mol. The maximum atomic E-state index is 4.62. The topological polar surface area (TPSA) is 29.0 Å². The lowest BCUT2D eigenvalue weighted by Gasteiger charge is -2.32. The van der Waals surface area contributed by atoms with Crippen molar-refractivity contribution in [3.8, 4) is 0 Å². The van der Waals surface area contributed by atoms with Gasteiger partial charge in [-0.15, -0.1) is 0 Å². The van der Waals surface area contributed by atoms with Crippen LogP contribution in [0.5, 0.6) is 0 Å². The van der Waals surface area contributed by atoms with Crippen molar-refractivity contribution < 1.29 is 0 Å². The van der Waals surface area contributed by atoms with Gasteiger partial charge >= 0.3 is 0 Å². The third-order valence-electron chi connectivity index (χ3n) is 4.16. The molecular formula is C18H23N3. The van der Waals surface area contributed by atoms with Crippen LogP contribution in [-0.4, -0.2) is 28.0 Å². The molecule has 0 radical (unpaired) electrons. The van der Waals surface area contributed by atoms with Crippen molar-refractivity contribution in [1.29, 1.82) is 0 Å². The molecule has 3 heteroatoms. The molecule has 2 aromatic rings. The molecule has 3 heterocycles. The number of piperidine rings is 1. The van der Waals surface area contributed by atoms with E-state index >= 15 is 0 Å².